The van der Waals surface area contributed by atoms with Gasteiger partial charge in [-0.1, -0.05) is 41.7 Å². The molecule has 0 bridgehead atoms. The van der Waals surface area contributed by atoms with E-state index in [2.05, 4.69) is 15.3 Å². The van der Waals surface area contributed by atoms with Gasteiger partial charge in [0.05, 0.1) is 22.4 Å². The number of nitrogens with zero attached hydrogens (tertiary/aromatic N) is 2. The molecule has 7 heteroatoms. The van der Waals surface area contributed by atoms with E-state index in [0.717, 1.165) is 15.5 Å². The summed E-state index contributed by atoms with van der Waals surface area (Å²) in [6.45, 7) is 1.46. The first kappa shape index (κ1) is 14.8. The predicted molar refractivity (Wildman–Crippen MR) is 87.9 cm³/mol. The summed E-state index contributed by atoms with van der Waals surface area (Å²) < 4.78 is 6.75. The summed E-state index contributed by atoms with van der Waals surface area (Å²) in [4.78, 5) is 19.4. The lowest BCUT2D eigenvalue weighted by Crippen LogP contribution is -2.04. The molecule has 0 atom stereocenters. The molecule has 1 amide bonds. The van der Waals surface area contributed by atoms with Gasteiger partial charge in [0, 0.05) is 12.5 Å². The monoisotopic (exact) mass is 331 g/mol. The first-order chi connectivity index (χ1) is 10.7. The number of amides is 1. The number of benzene rings is 1. The fourth-order valence-electron chi connectivity index (χ4n) is 1.78. The van der Waals surface area contributed by atoms with E-state index >= 15 is 0 Å². The number of hydrogen-bond acceptors (Lipinski definition) is 6. The van der Waals surface area contributed by atoms with Crippen LogP contribution in [0.3, 0.4) is 0 Å². The maximum Gasteiger partial charge on any atom is 0.223 e. The van der Waals surface area contributed by atoms with E-state index in [4.69, 9.17) is 4.42 Å². The number of thioether (sulfide) groups is 1. The fourth-order valence-corrected chi connectivity index (χ4v) is 3.55. The maximum absolute atomic E-state index is 11.0. The maximum atomic E-state index is 11.0. The Hall–Kier alpha value is -2.12. The second-order valence-electron chi connectivity index (χ2n) is 4.44. The highest BCUT2D eigenvalue weighted by Crippen LogP contribution is 2.31. The minimum atomic E-state index is -0.119. The molecule has 0 fully saturated rings. The van der Waals surface area contributed by atoms with E-state index in [1.54, 1.807) is 24.2 Å². The molecular formula is C15H13N3O2S2. The number of anilines is 1. The Labute approximate surface area is 135 Å². The summed E-state index contributed by atoms with van der Waals surface area (Å²) in [6, 6.07) is 9.87. The van der Waals surface area contributed by atoms with Crippen LogP contribution in [-0.2, 0) is 10.5 Å². The molecule has 2 heterocycles. The highest BCUT2D eigenvalue weighted by molar-refractivity contribution is 8.00. The third kappa shape index (κ3) is 3.75. The largest absolute Gasteiger partial charge is 0.440 e. The van der Waals surface area contributed by atoms with Crippen LogP contribution < -0.4 is 5.32 Å². The third-order valence-corrected chi connectivity index (χ3v) is 4.81. The number of thiazole rings is 1. The molecule has 0 unspecified atom stereocenters. The van der Waals surface area contributed by atoms with Gasteiger partial charge in [-0.05, 0) is 0 Å². The van der Waals surface area contributed by atoms with Gasteiger partial charge >= 0.3 is 0 Å². The topological polar surface area (TPSA) is 68.0 Å². The van der Waals surface area contributed by atoms with Crippen LogP contribution in [0.4, 0.5) is 5.13 Å². The van der Waals surface area contributed by atoms with Gasteiger partial charge in [-0.3, -0.25) is 4.79 Å². The van der Waals surface area contributed by atoms with Crippen molar-refractivity contribution in [2.24, 2.45) is 0 Å². The van der Waals surface area contributed by atoms with Gasteiger partial charge in [0.25, 0.3) is 0 Å². The Balaban J connectivity index is 1.61. The molecule has 1 N–H and O–H groups in total. The number of hydrogen-bond donors (Lipinski definition) is 1. The summed E-state index contributed by atoms with van der Waals surface area (Å²) in [6.07, 6.45) is 3.47. The molecule has 3 rings (SSSR count). The number of nitrogens with one attached hydrogen (secondary N) is 1. The van der Waals surface area contributed by atoms with E-state index in [1.165, 1.54) is 18.3 Å². The van der Waals surface area contributed by atoms with Crippen molar-refractivity contribution in [2.45, 2.75) is 16.9 Å². The van der Waals surface area contributed by atoms with Crippen molar-refractivity contribution < 1.29 is 9.21 Å². The van der Waals surface area contributed by atoms with Crippen LogP contribution in [0.2, 0.25) is 0 Å². The SMILES string of the molecule is CC(=O)Nc1ncc(SCc2ncc(-c3ccccc3)o2)s1. The molecule has 5 nitrogen and oxygen atoms in total. The molecule has 1 aromatic carbocycles. The van der Waals surface area contributed by atoms with E-state index in [0.29, 0.717) is 16.8 Å². The summed E-state index contributed by atoms with van der Waals surface area (Å²) in [5, 5.41) is 3.27. The average molecular weight is 331 g/mol. The zero-order valence-electron chi connectivity index (χ0n) is 11.8. The molecular weight excluding hydrogens is 318 g/mol. The van der Waals surface area contributed by atoms with Crippen molar-refractivity contribution in [3.8, 4) is 11.3 Å². The molecule has 0 saturated carbocycles. The molecule has 0 spiro atoms. The summed E-state index contributed by atoms with van der Waals surface area (Å²) in [5.74, 6) is 1.93. The lowest BCUT2D eigenvalue weighted by molar-refractivity contribution is -0.114. The standard InChI is InChI=1S/C15H13N3O2S2/c1-10(19)18-15-17-8-14(22-15)21-9-13-16-7-12(20-13)11-5-3-2-4-6-11/h2-8H,9H2,1H3,(H,17,18,19). The van der Waals surface area contributed by atoms with Crippen LogP contribution in [-0.4, -0.2) is 15.9 Å². The normalized spacial score (nSPS) is 10.6. The van der Waals surface area contributed by atoms with Gasteiger partial charge in [-0.2, -0.15) is 0 Å². The van der Waals surface area contributed by atoms with E-state index in [1.807, 2.05) is 30.3 Å². The predicted octanol–water partition coefficient (Wildman–Crippen LogP) is 4.05. The summed E-state index contributed by atoms with van der Waals surface area (Å²) in [7, 11) is 0. The lowest BCUT2D eigenvalue weighted by Gasteiger charge is -1.95. The minimum Gasteiger partial charge on any atom is -0.440 e. The molecule has 0 saturated heterocycles. The highest BCUT2D eigenvalue weighted by atomic mass is 32.2. The van der Waals surface area contributed by atoms with Gasteiger partial charge in [-0.15, -0.1) is 11.8 Å². The fraction of sp³-hybridized carbons (Fsp3) is 0.133. The molecule has 22 heavy (non-hydrogen) atoms. The number of oxazole rings is 1. The summed E-state index contributed by atoms with van der Waals surface area (Å²) >= 11 is 3.01. The van der Waals surface area contributed by atoms with Crippen molar-refractivity contribution >= 4 is 34.1 Å². The molecule has 2 aromatic heterocycles. The van der Waals surface area contributed by atoms with Gasteiger partial charge in [0.1, 0.15) is 0 Å². The van der Waals surface area contributed by atoms with E-state index < -0.39 is 0 Å². The van der Waals surface area contributed by atoms with Crippen LogP contribution >= 0.6 is 23.1 Å². The molecule has 3 aromatic rings. The first-order valence-electron chi connectivity index (χ1n) is 6.57. The van der Waals surface area contributed by atoms with E-state index in [-0.39, 0.29) is 5.91 Å². The van der Waals surface area contributed by atoms with Crippen molar-refractivity contribution in [3.63, 3.8) is 0 Å². The van der Waals surface area contributed by atoms with Crippen molar-refractivity contribution in [1.29, 1.82) is 0 Å². The minimum absolute atomic E-state index is 0.119. The first-order valence-corrected chi connectivity index (χ1v) is 8.37. The highest BCUT2D eigenvalue weighted by Gasteiger charge is 2.09. The Morgan fingerprint density at radius 1 is 1.27 bits per heavy atom. The lowest BCUT2D eigenvalue weighted by atomic mass is 10.2. The van der Waals surface area contributed by atoms with Crippen LogP contribution in [0.1, 0.15) is 12.8 Å². The number of carbonyl (C=O) groups is 1. The quantitative estimate of drug-likeness (QED) is 0.714. The van der Waals surface area contributed by atoms with Crippen LogP contribution in [0.25, 0.3) is 11.3 Å². The van der Waals surface area contributed by atoms with Gasteiger partial charge in [0.15, 0.2) is 10.9 Å². The second-order valence-corrected chi connectivity index (χ2v) is 6.74. The Kier molecular flexibility index (Phi) is 4.55. The third-order valence-electron chi connectivity index (χ3n) is 2.72. The molecule has 112 valence electrons. The van der Waals surface area contributed by atoms with Crippen molar-refractivity contribution in [1.82, 2.24) is 9.97 Å². The number of rotatable bonds is 5. The zero-order chi connectivity index (χ0) is 15.4. The molecule has 0 radical (unpaired) electrons. The Morgan fingerprint density at radius 2 is 2.09 bits per heavy atom. The second kappa shape index (κ2) is 6.76. The molecule has 0 aliphatic heterocycles. The van der Waals surface area contributed by atoms with Crippen molar-refractivity contribution in [2.75, 3.05) is 5.32 Å². The average Bonchev–Trinajstić information content (AvgIpc) is 3.15. The number of aromatic nitrogens is 2. The van der Waals surface area contributed by atoms with Crippen LogP contribution in [0.5, 0.6) is 0 Å². The molecule has 0 aliphatic rings. The van der Waals surface area contributed by atoms with Crippen LogP contribution in [0.15, 0.2) is 51.4 Å². The van der Waals surface area contributed by atoms with Gasteiger partial charge < -0.3 is 9.73 Å². The Morgan fingerprint density at radius 3 is 2.86 bits per heavy atom. The Bertz CT molecular complexity index is 768. The van der Waals surface area contributed by atoms with Crippen LogP contribution in [0, 0.1) is 0 Å². The van der Waals surface area contributed by atoms with Crippen molar-refractivity contribution in [3.05, 3.63) is 48.6 Å². The number of carbonyl (C=O) groups excluding carboxylic acids is 1. The summed E-state index contributed by atoms with van der Waals surface area (Å²) in [5.41, 5.74) is 1.01. The van der Waals surface area contributed by atoms with Gasteiger partial charge in [0.2, 0.25) is 11.8 Å². The smallest absolute Gasteiger partial charge is 0.223 e. The zero-order valence-corrected chi connectivity index (χ0v) is 13.4. The van der Waals surface area contributed by atoms with Gasteiger partial charge in [-0.25, -0.2) is 9.97 Å². The molecule has 0 aliphatic carbocycles. The van der Waals surface area contributed by atoms with E-state index in [9.17, 15) is 4.79 Å².